The molecule has 0 radical (unpaired) electrons. The highest BCUT2D eigenvalue weighted by molar-refractivity contribution is 5.28. The molecule has 1 rings (SSSR count). The van der Waals surface area contributed by atoms with Crippen LogP contribution >= 0.6 is 0 Å². The van der Waals surface area contributed by atoms with Crippen molar-refractivity contribution < 1.29 is 0 Å². The van der Waals surface area contributed by atoms with Crippen molar-refractivity contribution in [3.8, 4) is 0 Å². The van der Waals surface area contributed by atoms with Gasteiger partial charge in [-0.05, 0) is 33.0 Å². The number of hydrogen-bond donors (Lipinski definition) is 1. The summed E-state index contributed by atoms with van der Waals surface area (Å²) < 4.78 is 0. The Morgan fingerprint density at radius 2 is 2.29 bits per heavy atom. The first kappa shape index (κ1) is 10.9. The molecular formula is C10H18N4. The summed E-state index contributed by atoms with van der Waals surface area (Å²) in [6.07, 6.45) is 2.90. The number of rotatable bonds is 5. The van der Waals surface area contributed by atoms with Crippen LogP contribution in [0.25, 0.3) is 0 Å². The maximum absolute atomic E-state index is 4.35. The Labute approximate surface area is 85.4 Å². The first-order valence-electron chi connectivity index (χ1n) is 4.89. The highest BCUT2D eigenvalue weighted by Crippen LogP contribution is 2.04. The summed E-state index contributed by atoms with van der Waals surface area (Å²) in [4.78, 5) is 10.6. The molecule has 0 aromatic carbocycles. The lowest BCUT2D eigenvalue weighted by Gasteiger charge is -2.16. The van der Waals surface area contributed by atoms with Crippen molar-refractivity contribution in [2.45, 2.75) is 13.3 Å². The number of aromatic nitrogens is 2. The van der Waals surface area contributed by atoms with E-state index in [4.69, 9.17) is 0 Å². The van der Waals surface area contributed by atoms with Gasteiger partial charge in [0.25, 0.3) is 0 Å². The van der Waals surface area contributed by atoms with Gasteiger partial charge in [-0.2, -0.15) is 0 Å². The average molecular weight is 194 g/mol. The molecule has 0 aliphatic carbocycles. The minimum atomic E-state index is 0.807. The summed E-state index contributed by atoms with van der Waals surface area (Å²) in [5, 5.41) is 3.12. The van der Waals surface area contributed by atoms with Gasteiger partial charge in [-0.1, -0.05) is 0 Å². The van der Waals surface area contributed by atoms with E-state index in [9.17, 15) is 0 Å². The van der Waals surface area contributed by atoms with Gasteiger partial charge in [0.2, 0.25) is 5.95 Å². The number of nitrogens with zero attached hydrogens (tertiary/aromatic N) is 3. The van der Waals surface area contributed by atoms with Gasteiger partial charge in [-0.3, -0.25) is 0 Å². The van der Waals surface area contributed by atoms with Crippen LogP contribution in [0.3, 0.4) is 0 Å². The van der Waals surface area contributed by atoms with E-state index in [-0.39, 0.29) is 0 Å². The van der Waals surface area contributed by atoms with Crippen LogP contribution in [0.5, 0.6) is 0 Å². The largest absolute Gasteiger partial charge is 0.344 e. The van der Waals surface area contributed by atoms with E-state index in [0.717, 1.165) is 31.2 Å². The number of hydrogen-bond acceptors (Lipinski definition) is 4. The first-order chi connectivity index (χ1) is 6.74. The van der Waals surface area contributed by atoms with Gasteiger partial charge in [0.05, 0.1) is 0 Å². The van der Waals surface area contributed by atoms with Crippen LogP contribution in [0.4, 0.5) is 5.95 Å². The van der Waals surface area contributed by atoms with Crippen LogP contribution in [0, 0.1) is 6.92 Å². The molecule has 0 saturated heterocycles. The molecule has 0 unspecified atom stereocenters. The van der Waals surface area contributed by atoms with E-state index in [2.05, 4.69) is 20.2 Å². The minimum absolute atomic E-state index is 0.807. The maximum atomic E-state index is 4.35. The van der Waals surface area contributed by atoms with Gasteiger partial charge in [0.1, 0.15) is 0 Å². The van der Waals surface area contributed by atoms with Gasteiger partial charge >= 0.3 is 0 Å². The Kier molecular flexibility index (Phi) is 4.32. The highest BCUT2D eigenvalue weighted by atomic mass is 15.2. The Morgan fingerprint density at radius 3 is 2.93 bits per heavy atom. The average Bonchev–Trinajstić information content (AvgIpc) is 2.18. The Bertz CT molecular complexity index is 275. The normalized spacial score (nSPS) is 10.2. The Balaban J connectivity index is 2.47. The first-order valence-corrected chi connectivity index (χ1v) is 4.89. The van der Waals surface area contributed by atoms with Crippen LogP contribution in [-0.2, 0) is 0 Å². The van der Waals surface area contributed by atoms with Crippen molar-refractivity contribution in [2.24, 2.45) is 0 Å². The third-order valence-electron chi connectivity index (χ3n) is 2.04. The molecule has 1 aromatic rings. The lowest BCUT2D eigenvalue weighted by atomic mass is 10.4. The fourth-order valence-corrected chi connectivity index (χ4v) is 1.21. The summed E-state index contributed by atoms with van der Waals surface area (Å²) in [5.74, 6) is 0.807. The molecule has 78 valence electrons. The maximum Gasteiger partial charge on any atom is 0.225 e. The molecule has 0 amide bonds. The minimum Gasteiger partial charge on any atom is -0.344 e. The van der Waals surface area contributed by atoms with Gasteiger partial charge in [0.15, 0.2) is 0 Å². The fourth-order valence-electron chi connectivity index (χ4n) is 1.21. The van der Waals surface area contributed by atoms with Crippen molar-refractivity contribution in [3.05, 3.63) is 18.0 Å². The lowest BCUT2D eigenvalue weighted by molar-refractivity contribution is 0.703. The molecule has 0 aliphatic rings. The van der Waals surface area contributed by atoms with Crippen molar-refractivity contribution in [1.29, 1.82) is 0 Å². The summed E-state index contributed by atoms with van der Waals surface area (Å²) >= 11 is 0. The van der Waals surface area contributed by atoms with E-state index in [1.807, 2.05) is 27.1 Å². The predicted octanol–water partition coefficient (Wildman–Crippen LogP) is 0.831. The van der Waals surface area contributed by atoms with Crippen LogP contribution in [0.1, 0.15) is 12.1 Å². The second-order valence-corrected chi connectivity index (χ2v) is 3.38. The molecule has 0 saturated carbocycles. The van der Waals surface area contributed by atoms with E-state index >= 15 is 0 Å². The van der Waals surface area contributed by atoms with Crippen molar-refractivity contribution in [3.63, 3.8) is 0 Å². The number of aryl methyl sites for hydroxylation is 1. The van der Waals surface area contributed by atoms with E-state index in [1.54, 1.807) is 6.20 Å². The summed E-state index contributed by atoms with van der Waals surface area (Å²) in [6, 6.07) is 1.91. The monoisotopic (exact) mass is 194 g/mol. The summed E-state index contributed by atoms with van der Waals surface area (Å²) in [5.41, 5.74) is 1.01. The molecule has 0 bridgehead atoms. The van der Waals surface area contributed by atoms with Crippen LogP contribution in [-0.4, -0.2) is 37.2 Å². The van der Waals surface area contributed by atoms with Gasteiger partial charge in [-0.25, -0.2) is 9.97 Å². The standard InChI is InChI=1S/C10H18N4/c1-9-5-7-12-10(13-9)14(3)8-4-6-11-2/h5,7,11H,4,6,8H2,1-3H3. The zero-order valence-electron chi connectivity index (χ0n) is 9.12. The molecule has 1 heterocycles. The van der Waals surface area contributed by atoms with Gasteiger partial charge < -0.3 is 10.2 Å². The quantitative estimate of drug-likeness (QED) is 0.705. The Hall–Kier alpha value is -1.16. The van der Waals surface area contributed by atoms with Crippen molar-refractivity contribution in [2.75, 3.05) is 32.1 Å². The van der Waals surface area contributed by atoms with Crippen molar-refractivity contribution in [1.82, 2.24) is 15.3 Å². The topological polar surface area (TPSA) is 41.0 Å². The van der Waals surface area contributed by atoms with Gasteiger partial charge in [0, 0.05) is 25.5 Å². The molecular weight excluding hydrogens is 176 g/mol. The number of nitrogens with one attached hydrogen (secondary N) is 1. The van der Waals surface area contributed by atoms with Crippen LogP contribution in [0.2, 0.25) is 0 Å². The van der Waals surface area contributed by atoms with E-state index in [1.165, 1.54) is 0 Å². The van der Waals surface area contributed by atoms with Crippen molar-refractivity contribution >= 4 is 5.95 Å². The third kappa shape index (κ3) is 3.30. The zero-order valence-corrected chi connectivity index (χ0v) is 9.12. The SMILES string of the molecule is CNCCCN(C)c1nccc(C)n1. The molecule has 1 aromatic heterocycles. The lowest BCUT2D eigenvalue weighted by Crippen LogP contribution is -2.24. The summed E-state index contributed by atoms with van der Waals surface area (Å²) in [7, 11) is 3.98. The van der Waals surface area contributed by atoms with Gasteiger partial charge in [-0.15, -0.1) is 0 Å². The molecule has 4 heteroatoms. The zero-order chi connectivity index (χ0) is 10.4. The molecule has 0 atom stereocenters. The van der Waals surface area contributed by atoms with E-state index in [0.29, 0.717) is 0 Å². The number of anilines is 1. The molecule has 1 N–H and O–H groups in total. The highest BCUT2D eigenvalue weighted by Gasteiger charge is 2.02. The fraction of sp³-hybridized carbons (Fsp3) is 0.600. The molecule has 0 aliphatic heterocycles. The second-order valence-electron chi connectivity index (χ2n) is 3.38. The molecule has 0 fully saturated rings. The summed E-state index contributed by atoms with van der Waals surface area (Å²) in [6.45, 7) is 3.98. The smallest absolute Gasteiger partial charge is 0.225 e. The second kappa shape index (κ2) is 5.54. The third-order valence-corrected chi connectivity index (χ3v) is 2.04. The molecule has 4 nitrogen and oxygen atoms in total. The molecule has 0 spiro atoms. The van der Waals surface area contributed by atoms with Crippen LogP contribution in [0.15, 0.2) is 12.3 Å². The van der Waals surface area contributed by atoms with Crippen LogP contribution < -0.4 is 10.2 Å². The Morgan fingerprint density at radius 1 is 1.50 bits per heavy atom. The molecule has 14 heavy (non-hydrogen) atoms. The predicted molar refractivity (Wildman–Crippen MR) is 58.6 cm³/mol. The van der Waals surface area contributed by atoms with E-state index < -0.39 is 0 Å².